The molecule has 0 aliphatic carbocycles. The Labute approximate surface area is 203 Å². The molecule has 0 radical (unpaired) electrons. The summed E-state index contributed by atoms with van der Waals surface area (Å²) in [4.78, 5) is 28.7. The van der Waals surface area contributed by atoms with Crippen LogP contribution in [0.4, 0.5) is 0 Å². The zero-order valence-corrected chi connectivity index (χ0v) is 20.5. The lowest BCUT2D eigenvalue weighted by atomic mass is 10.0. The highest BCUT2D eigenvalue weighted by molar-refractivity contribution is 5.90. The number of aryl methyl sites for hydroxylation is 2. The Bertz CT molecular complexity index is 1480. The zero-order valence-electron chi connectivity index (χ0n) is 20.5. The van der Waals surface area contributed by atoms with Crippen LogP contribution >= 0.6 is 0 Å². The Morgan fingerprint density at radius 3 is 2.74 bits per heavy atom. The van der Waals surface area contributed by atoms with Gasteiger partial charge in [0.15, 0.2) is 0 Å². The first-order valence-corrected chi connectivity index (χ1v) is 11.5. The maximum Gasteiger partial charge on any atom is 0.340 e. The molecule has 4 aromatic rings. The molecule has 0 spiro atoms. The monoisotopic (exact) mass is 474 g/mol. The normalized spacial score (nSPS) is 11.1. The van der Waals surface area contributed by atoms with Crippen molar-refractivity contribution in [3.8, 4) is 11.5 Å². The van der Waals surface area contributed by atoms with E-state index in [1.165, 1.54) is 0 Å². The number of benzene rings is 2. The lowest BCUT2D eigenvalue weighted by molar-refractivity contribution is -0.120. The topological polar surface area (TPSA) is 93.6 Å². The molecule has 2 N–H and O–H groups in total. The van der Waals surface area contributed by atoms with Crippen LogP contribution in [0.3, 0.4) is 0 Å². The van der Waals surface area contributed by atoms with Crippen LogP contribution in [-0.4, -0.2) is 31.2 Å². The summed E-state index contributed by atoms with van der Waals surface area (Å²) in [7, 11) is 1.63. The van der Waals surface area contributed by atoms with Gasteiger partial charge in [-0.25, -0.2) is 4.79 Å². The highest BCUT2D eigenvalue weighted by Crippen LogP contribution is 2.31. The lowest BCUT2D eigenvalue weighted by Gasteiger charge is -2.14. The number of aromatic amines is 1. The fourth-order valence-electron chi connectivity index (χ4n) is 4.21. The van der Waals surface area contributed by atoms with Crippen molar-refractivity contribution in [1.29, 1.82) is 0 Å². The average Bonchev–Trinajstić information content (AvgIpc) is 3.21. The Morgan fingerprint density at radius 1 is 1.20 bits per heavy atom. The van der Waals surface area contributed by atoms with E-state index in [0.29, 0.717) is 47.4 Å². The maximum atomic E-state index is 12.7. The van der Waals surface area contributed by atoms with E-state index in [9.17, 15) is 9.59 Å². The van der Waals surface area contributed by atoms with Gasteiger partial charge in [-0.3, -0.25) is 4.79 Å². The van der Waals surface area contributed by atoms with Gasteiger partial charge in [-0.15, -0.1) is 0 Å². The number of carbonyl (C=O) groups is 1. The molecule has 35 heavy (non-hydrogen) atoms. The molecule has 0 aliphatic heterocycles. The second-order valence-electron chi connectivity index (χ2n) is 8.88. The molecule has 0 aliphatic rings. The number of H-pyrrole nitrogens is 1. The van der Waals surface area contributed by atoms with Gasteiger partial charge in [-0.05, 0) is 73.7 Å². The fraction of sp³-hybridized carbons (Fsp3) is 0.286. The van der Waals surface area contributed by atoms with Gasteiger partial charge in [0.25, 0.3) is 0 Å². The number of rotatable bonds is 9. The number of carbonyl (C=O) groups excluding carboxylic acids is 1. The van der Waals surface area contributed by atoms with Gasteiger partial charge in [0.05, 0.1) is 24.5 Å². The molecule has 0 saturated heterocycles. The Kier molecular flexibility index (Phi) is 6.96. The zero-order chi connectivity index (χ0) is 25.1. The molecule has 0 atom stereocenters. The first-order valence-electron chi connectivity index (χ1n) is 11.5. The van der Waals surface area contributed by atoms with Crippen molar-refractivity contribution < 1.29 is 18.7 Å². The van der Waals surface area contributed by atoms with Crippen molar-refractivity contribution in [2.45, 2.75) is 33.6 Å². The van der Waals surface area contributed by atoms with Gasteiger partial charge in [0.2, 0.25) is 5.91 Å². The molecule has 2 aromatic carbocycles. The smallest absolute Gasteiger partial charge is 0.340 e. The molecule has 7 nitrogen and oxygen atoms in total. The number of nitrogens with one attached hydrogen (secondary N) is 2. The molecule has 0 saturated carbocycles. The number of amides is 1. The molecule has 0 unspecified atom stereocenters. The van der Waals surface area contributed by atoms with Crippen molar-refractivity contribution >= 4 is 27.8 Å². The SMILES string of the molecule is C=C(C)COc1cc(C)cc2oc(=O)c(CC(=O)NCCc3c[nH]c4cc(OC)ccc34)c(C)c12. The number of methoxy groups -OCH3 is 1. The van der Waals surface area contributed by atoms with Crippen molar-refractivity contribution in [2.24, 2.45) is 0 Å². The van der Waals surface area contributed by atoms with E-state index in [1.54, 1.807) is 13.2 Å². The summed E-state index contributed by atoms with van der Waals surface area (Å²) in [5.41, 5.74) is 4.83. The van der Waals surface area contributed by atoms with Crippen molar-refractivity contribution in [2.75, 3.05) is 20.3 Å². The third-order valence-electron chi connectivity index (χ3n) is 5.99. The molecule has 0 bridgehead atoms. The molecular weight excluding hydrogens is 444 g/mol. The highest BCUT2D eigenvalue weighted by atomic mass is 16.5. The average molecular weight is 475 g/mol. The third kappa shape index (κ3) is 5.24. The maximum absolute atomic E-state index is 12.7. The van der Waals surface area contributed by atoms with E-state index in [0.717, 1.165) is 33.4 Å². The summed E-state index contributed by atoms with van der Waals surface area (Å²) in [6.45, 7) is 10.3. The van der Waals surface area contributed by atoms with E-state index in [1.807, 2.05) is 51.2 Å². The van der Waals surface area contributed by atoms with Gasteiger partial charge < -0.3 is 24.2 Å². The Balaban J connectivity index is 1.49. The quantitative estimate of drug-likeness (QED) is 0.270. The van der Waals surface area contributed by atoms with Crippen LogP contribution in [0.2, 0.25) is 0 Å². The van der Waals surface area contributed by atoms with Crippen LogP contribution in [0.1, 0.15) is 29.2 Å². The van der Waals surface area contributed by atoms with Gasteiger partial charge in [-0.2, -0.15) is 0 Å². The molecule has 1 amide bonds. The first-order chi connectivity index (χ1) is 16.8. The third-order valence-corrected chi connectivity index (χ3v) is 5.99. The minimum atomic E-state index is -0.507. The number of hydrogen-bond donors (Lipinski definition) is 2. The lowest BCUT2D eigenvalue weighted by Crippen LogP contribution is -2.29. The van der Waals surface area contributed by atoms with E-state index in [4.69, 9.17) is 13.9 Å². The summed E-state index contributed by atoms with van der Waals surface area (Å²) < 4.78 is 16.8. The second kappa shape index (κ2) is 10.1. The molecule has 4 rings (SSSR count). The fourth-order valence-corrected chi connectivity index (χ4v) is 4.21. The standard InChI is InChI=1S/C28H30N2O5/c1-16(2)15-34-24-10-17(3)11-25-27(24)18(4)22(28(32)35-25)13-26(31)29-9-8-19-14-30-23-12-20(33-5)6-7-21(19)23/h6-7,10-12,14,30H,1,8-9,13,15H2,2-5H3,(H,29,31). The van der Waals surface area contributed by atoms with E-state index >= 15 is 0 Å². The summed E-state index contributed by atoms with van der Waals surface area (Å²) >= 11 is 0. The predicted molar refractivity (Wildman–Crippen MR) is 138 cm³/mol. The summed E-state index contributed by atoms with van der Waals surface area (Å²) in [5, 5.41) is 4.71. The van der Waals surface area contributed by atoms with E-state index in [2.05, 4.69) is 16.9 Å². The van der Waals surface area contributed by atoms with Crippen LogP contribution in [0.5, 0.6) is 11.5 Å². The molecule has 182 valence electrons. The molecule has 0 fully saturated rings. The Morgan fingerprint density at radius 2 is 2.00 bits per heavy atom. The number of ether oxygens (including phenoxy) is 2. The van der Waals surface area contributed by atoms with Gasteiger partial charge >= 0.3 is 5.63 Å². The van der Waals surface area contributed by atoms with E-state index in [-0.39, 0.29) is 12.3 Å². The number of aromatic nitrogens is 1. The summed E-state index contributed by atoms with van der Waals surface area (Å²) in [6, 6.07) is 9.56. The van der Waals surface area contributed by atoms with E-state index < -0.39 is 5.63 Å². The van der Waals surface area contributed by atoms with Gasteiger partial charge in [0.1, 0.15) is 23.7 Å². The minimum absolute atomic E-state index is 0.0665. The van der Waals surface area contributed by atoms with Crippen molar-refractivity contribution in [1.82, 2.24) is 10.3 Å². The predicted octanol–water partition coefficient (Wildman–Crippen LogP) is 4.76. The summed E-state index contributed by atoms with van der Waals surface area (Å²) in [6.07, 6.45) is 2.53. The van der Waals surface area contributed by atoms with Crippen LogP contribution in [0, 0.1) is 13.8 Å². The van der Waals surface area contributed by atoms with Crippen molar-refractivity contribution in [3.05, 3.63) is 81.4 Å². The number of hydrogen-bond acceptors (Lipinski definition) is 5. The highest BCUT2D eigenvalue weighted by Gasteiger charge is 2.18. The van der Waals surface area contributed by atoms with Crippen LogP contribution in [-0.2, 0) is 17.6 Å². The minimum Gasteiger partial charge on any atom is -0.497 e. The van der Waals surface area contributed by atoms with Crippen LogP contribution in [0.25, 0.3) is 21.9 Å². The second-order valence-corrected chi connectivity index (χ2v) is 8.88. The summed E-state index contributed by atoms with van der Waals surface area (Å²) in [5.74, 6) is 1.16. The Hall–Kier alpha value is -4.00. The first kappa shape index (κ1) is 24.1. The van der Waals surface area contributed by atoms with Gasteiger partial charge in [0, 0.05) is 29.7 Å². The van der Waals surface area contributed by atoms with Crippen LogP contribution in [0.15, 0.2) is 57.9 Å². The van der Waals surface area contributed by atoms with Gasteiger partial charge in [-0.1, -0.05) is 6.58 Å². The van der Waals surface area contributed by atoms with Crippen LogP contribution < -0.4 is 20.4 Å². The molecule has 2 heterocycles. The molecular formula is C28H30N2O5. The molecule has 2 aromatic heterocycles. The largest absolute Gasteiger partial charge is 0.497 e. The molecule has 7 heteroatoms. The van der Waals surface area contributed by atoms with Crippen molar-refractivity contribution in [3.63, 3.8) is 0 Å². The number of fused-ring (bicyclic) bond motifs is 2.